The second-order valence-corrected chi connectivity index (χ2v) is 5.44. The minimum atomic E-state index is 0.00735. The fourth-order valence-electron chi connectivity index (χ4n) is 2.61. The summed E-state index contributed by atoms with van der Waals surface area (Å²) < 4.78 is 5.84. The van der Waals surface area contributed by atoms with E-state index in [4.69, 9.17) is 4.74 Å². The summed E-state index contributed by atoms with van der Waals surface area (Å²) >= 11 is 0. The molecule has 1 aliphatic rings. The second-order valence-electron chi connectivity index (χ2n) is 5.44. The summed E-state index contributed by atoms with van der Waals surface area (Å²) in [6, 6.07) is 0.271. The molecule has 1 aromatic rings. The summed E-state index contributed by atoms with van der Waals surface area (Å²) in [7, 11) is 1.95. The highest BCUT2D eigenvalue weighted by atomic mass is 16.5. The zero-order chi connectivity index (χ0) is 14.5. The number of nitrogens with one attached hydrogen (secondary N) is 1. The van der Waals surface area contributed by atoms with Crippen LogP contribution in [0.3, 0.4) is 0 Å². The third kappa shape index (κ3) is 3.53. The fraction of sp³-hybridized carbons (Fsp3) is 0.733. The lowest BCUT2D eigenvalue weighted by Gasteiger charge is -2.32. The lowest BCUT2D eigenvalue weighted by atomic mass is 10.1. The Kier molecular flexibility index (Phi) is 5.46. The summed E-state index contributed by atoms with van der Waals surface area (Å²) in [4.78, 5) is 11.6. The van der Waals surface area contributed by atoms with Gasteiger partial charge in [-0.2, -0.15) is 0 Å². The van der Waals surface area contributed by atoms with Crippen LogP contribution in [0.25, 0.3) is 0 Å². The highest BCUT2D eigenvalue weighted by Crippen LogP contribution is 2.21. The van der Waals surface area contributed by atoms with Crippen molar-refractivity contribution < 1.29 is 4.74 Å². The third-order valence-electron chi connectivity index (χ3n) is 3.91. The zero-order valence-corrected chi connectivity index (χ0v) is 13.0. The van der Waals surface area contributed by atoms with Crippen molar-refractivity contribution in [1.82, 2.24) is 20.2 Å². The predicted octanol–water partition coefficient (Wildman–Crippen LogP) is 1.85. The van der Waals surface area contributed by atoms with Crippen LogP contribution in [-0.4, -0.2) is 48.2 Å². The molecule has 1 aliphatic heterocycles. The molecule has 2 rings (SSSR count). The van der Waals surface area contributed by atoms with Crippen molar-refractivity contribution in [2.24, 2.45) is 0 Å². The van der Waals surface area contributed by atoms with Gasteiger partial charge in [0.1, 0.15) is 6.10 Å². The quantitative estimate of drug-likeness (QED) is 0.891. The maximum Gasteiger partial charge on any atom is 0.158 e. The van der Waals surface area contributed by atoms with E-state index in [2.05, 4.69) is 34.0 Å². The van der Waals surface area contributed by atoms with Crippen LogP contribution in [0.5, 0.6) is 0 Å². The van der Waals surface area contributed by atoms with Crippen LogP contribution in [0.2, 0.25) is 0 Å². The molecule has 0 aromatic carbocycles. The molecule has 1 saturated heterocycles. The SMILES string of the molecule is CCCN1CCOC(c2ncc(C(C)NC)c(C)n2)C1. The highest BCUT2D eigenvalue weighted by molar-refractivity contribution is 5.20. The molecule has 0 saturated carbocycles. The number of ether oxygens (including phenoxy) is 1. The molecule has 1 N–H and O–H groups in total. The van der Waals surface area contributed by atoms with E-state index in [1.807, 2.05) is 20.2 Å². The van der Waals surface area contributed by atoms with E-state index in [0.29, 0.717) is 0 Å². The Morgan fingerprint density at radius 1 is 1.55 bits per heavy atom. The molecule has 0 radical (unpaired) electrons. The molecule has 0 amide bonds. The van der Waals surface area contributed by atoms with Gasteiger partial charge in [0.15, 0.2) is 5.82 Å². The van der Waals surface area contributed by atoms with E-state index >= 15 is 0 Å². The van der Waals surface area contributed by atoms with Crippen LogP contribution in [-0.2, 0) is 4.74 Å². The van der Waals surface area contributed by atoms with Gasteiger partial charge in [-0.05, 0) is 33.9 Å². The van der Waals surface area contributed by atoms with Gasteiger partial charge >= 0.3 is 0 Å². The van der Waals surface area contributed by atoms with Crippen molar-refractivity contribution in [3.05, 3.63) is 23.3 Å². The molecular weight excluding hydrogens is 252 g/mol. The van der Waals surface area contributed by atoms with Crippen molar-refractivity contribution >= 4 is 0 Å². The van der Waals surface area contributed by atoms with Gasteiger partial charge in [0, 0.05) is 36.6 Å². The molecule has 0 aliphatic carbocycles. The summed E-state index contributed by atoms with van der Waals surface area (Å²) in [6.45, 7) is 10.2. The molecule has 112 valence electrons. The Morgan fingerprint density at radius 3 is 3.00 bits per heavy atom. The normalized spacial score (nSPS) is 21.9. The fourth-order valence-corrected chi connectivity index (χ4v) is 2.61. The van der Waals surface area contributed by atoms with Gasteiger partial charge in [0.2, 0.25) is 0 Å². The Labute approximate surface area is 121 Å². The Morgan fingerprint density at radius 2 is 2.35 bits per heavy atom. The topological polar surface area (TPSA) is 50.3 Å². The van der Waals surface area contributed by atoms with Gasteiger partial charge in [-0.15, -0.1) is 0 Å². The van der Waals surface area contributed by atoms with Crippen molar-refractivity contribution in [1.29, 1.82) is 0 Å². The monoisotopic (exact) mass is 278 g/mol. The number of aryl methyl sites for hydroxylation is 1. The van der Waals surface area contributed by atoms with Crippen LogP contribution in [0, 0.1) is 6.92 Å². The summed E-state index contributed by atoms with van der Waals surface area (Å²) in [6.07, 6.45) is 3.11. The number of hydrogen-bond acceptors (Lipinski definition) is 5. The summed E-state index contributed by atoms with van der Waals surface area (Å²) in [5.74, 6) is 0.815. The second kappa shape index (κ2) is 7.11. The largest absolute Gasteiger partial charge is 0.368 e. The van der Waals surface area contributed by atoms with Gasteiger partial charge < -0.3 is 10.1 Å². The van der Waals surface area contributed by atoms with E-state index in [1.165, 1.54) is 6.42 Å². The van der Waals surface area contributed by atoms with Crippen LogP contribution >= 0.6 is 0 Å². The van der Waals surface area contributed by atoms with Gasteiger partial charge in [-0.3, -0.25) is 4.90 Å². The average molecular weight is 278 g/mol. The van der Waals surface area contributed by atoms with Crippen molar-refractivity contribution in [3.63, 3.8) is 0 Å². The smallest absolute Gasteiger partial charge is 0.158 e. The van der Waals surface area contributed by atoms with Gasteiger partial charge in [0.25, 0.3) is 0 Å². The summed E-state index contributed by atoms with van der Waals surface area (Å²) in [5.41, 5.74) is 2.19. The van der Waals surface area contributed by atoms with Crippen LogP contribution in [0.15, 0.2) is 6.20 Å². The van der Waals surface area contributed by atoms with E-state index < -0.39 is 0 Å². The molecule has 20 heavy (non-hydrogen) atoms. The lowest BCUT2D eigenvalue weighted by Crippen LogP contribution is -2.39. The molecule has 2 unspecified atom stereocenters. The molecule has 0 spiro atoms. The molecule has 1 aromatic heterocycles. The molecule has 1 fully saturated rings. The number of morpholine rings is 1. The van der Waals surface area contributed by atoms with Gasteiger partial charge in [-0.25, -0.2) is 9.97 Å². The zero-order valence-electron chi connectivity index (χ0n) is 13.0. The Balaban J connectivity index is 2.10. The molecule has 5 heteroatoms. The maximum absolute atomic E-state index is 5.84. The standard InChI is InChI=1S/C15H26N4O/c1-5-6-19-7-8-20-14(10-19)15-17-9-13(11(2)16-4)12(3)18-15/h9,11,14,16H,5-8,10H2,1-4H3. The molecule has 5 nitrogen and oxygen atoms in total. The molecule has 0 bridgehead atoms. The minimum absolute atomic E-state index is 0.00735. The first kappa shape index (κ1) is 15.4. The first-order valence-electron chi connectivity index (χ1n) is 7.50. The van der Waals surface area contributed by atoms with Crippen molar-refractivity contribution in [2.45, 2.75) is 39.3 Å². The van der Waals surface area contributed by atoms with Crippen LogP contribution in [0.1, 0.15) is 49.5 Å². The predicted molar refractivity (Wildman–Crippen MR) is 79.7 cm³/mol. The van der Waals surface area contributed by atoms with Crippen molar-refractivity contribution in [3.8, 4) is 0 Å². The van der Waals surface area contributed by atoms with E-state index in [1.54, 1.807) is 0 Å². The lowest BCUT2D eigenvalue weighted by molar-refractivity contribution is -0.0343. The van der Waals surface area contributed by atoms with Crippen LogP contribution < -0.4 is 5.32 Å². The first-order valence-corrected chi connectivity index (χ1v) is 7.50. The molecule has 2 atom stereocenters. The highest BCUT2D eigenvalue weighted by Gasteiger charge is 2.24. The maximum atomic E-state index is 5.84. The summed E-state index contributed by atoms with van der Waals surface area (Å²) in [5, 5.41) is 3.23. The number of aromatic nitrogens is 2. The van der Waals surface area contributed by atoms with Crippen LogP contribution in [0.4, 0.5) is 0 Å². The number of hydrogen-bond donors (Lipinski definition) is 1. The minimum Gasteiger partial charge on any atom is -0.368 e. The van der Waals surface area contributed by atoms with E-state index in [0.717, 1.165) is 43.3 Å². The van der Waals surface area contributed by atoms with E-state index in [-0.39, 0.29) is 12.1 Å². The van der Waals surface area contributed by atoms with Crippen molar-refractivity contribution in [2.75, 3.05) is 33.3 Å². The molecular formula is C15H26N4O. The van der Waals surface area contributed by atoms with Gasteiger partial charge in [-0.1, -0.05) is 6.92 Å². The average Bonchev–Trinajstić information content (AvgIpc) is 2.47. The first-order chi connectivity index (χ1) is 9.65. The number of nitrogens with zero attached hydrogens (tertiary/aromatic N) is 3. The van der Waals surface area contributed by atoms with E-state index in [9.17, 15) is 0 Å². The number of rotatable bonds is 5. The molecule has 2 heterocycles. The van der Waals surface area contributed by atoms with Gasteiger partial charge in [0.05, 0.1) is 6.61 Å². The Hall–Kier alpha value is -1.04. The third-order valence-corrected chi connectivity index (χ3v) is 3.91. The Bertz CT molecular complexity index is 436.